The molecule has 1 fully saturated rings. The van der Waals surface area contributed by atoms with E-state index in [9.17, 15) is 14.7 Å². The van der Waals surface area contributed by atoms with Crippen molar-refractivity contribution in [3.8, 4) is 0 Å². The highest BCUT2D eigenvalue weighted by Gasteiger charge is 2.41. The molecule has 0 aliphatic carbocycles. The first kappa shape index (κ1) is 28.2. The number of aliphatic hydroxyl groups excluding tert-OH is 1. The van der Waals surface area contributed by atoms with E-state index in [4.69, 9.17) is 4.74 Å². The molecule has 0 radical (unpaired) electrons. The Bertz CT molecular complexity index is 620. The molecule has 0 unspecified atom stereocenters. The average molecular weight is 449 g/mol. The molecule has 1 atom stereocenters. The first-order chi connectivity index (χ1) is 15.6. The van der Waals surface area contributed by atoms with Gasteiger partial charge in [0, 0.05) is 18.1 Å². The molecule has 0 aromatic rings. The molecule has 1 aliphatic rings. The van der Waals surface area contributed by atoms with Gasteiger partial charge < -0.3 is 14.6 Å². The smallest absolute Gasteiger partial charge is 0.334 e. The third-order valence-electron chi connectivity index (χ3n) is 5.90. The Morgan fingerprint density at radius 3 is 2.09 bits per heavy atom. The number of hydrogen-bond acceptors (Lipinski definition) is 5. The summed E-state index contributed by atoms with van der Waals surface area (Å²) in [5.74, 6) is -0.957. The molecule has 1 saturated heterocycles. The van der Waals surface area contributed by atoms with Crippen LogP contribution in [0.15, 0.2) is 36.0 Å². The standard InChI is InChI=1S/C27H44O5/c1-3-4-5-6-7-8-9-10-11-12-13-14-15-16-17-18-19-24-22-27(23-28,32-26(24)30)21-20-25(29)31-2/h10-11,19-21,28H,3-9,12-18,22-23H2,1-2H3/t27-/m1/s1. The van der Waals surface area contributed by atoms with Gasteiger partial charge in [-0.05, 0) is 44.6 Å². The zero-order valence-corrected chi connectivity index (χ0v) is 20.3. The highest BCUT2D eigenvalue weighted by molar-refractivity contribution is 5.92. The van der Waals surface area contributed by atoms with Gasteiger partial charge in [0.15, 0.2) is 5.60 Å². The van der Waals surface area contributed by atoms with Crippen molar-refractivity contribution >= 4 is 11.9 Å². The summed E-state index contributed by atoms with van der Waals surface area (Å²) >= 11 is 0. The van der Waals surface area contributed by atoms with E-state index >= 15 is 0 Å². The van der Waals surface area contributed by atoms with Gasteiger partial charge in [-0.3, -0.25) is 0 Å². The quantitative estimate of drug-likeness (QED) is 0.114. The molecule has 5 nitrogen and oxygen atoms in total. The lowest BCUT2D eigenvalue weighted by atomic mass is 9.97. The van der Waals surface area contributed by atoms with E-state index in [1.54, 1.807) is 0 Å². The first-order valence-corrected chi connectivity index (χ1v) is 12.5. The van der Waals surface area contributed by atoms with E-state index in [1.165, 1.54) is 89.9 Å². The highest BCUT2D eigenvalue weighted by Crippen LogP contribution is 2.32. The number of hydrogen-bond donors (Lipinski definition) is 1. The van der Waals surface area contributed by atoms with Gasteiger partial charge in [-0.2, -0.15) is 0 Å². The number of rotatable bonds is 18. The van der Waals surface area contributed by atoms with Gasteiger partial charge in [-0.15, -0.1) is 0 Å². The molecular formula is C27H44O5. The molecule has 0 saturated carbocycles. The summed E-state index contributed by atoms with van der Waals surface area (Å²) in [7, 11) is 1.28. The number of ether oxygens (including phenoxy) is 2. The SMILES string of the molecule is CCCCCCCCC=CCCCCCCCC=C1C[C@](C=CC(=O)OC)(CO)OC1=O. The van der Waals surface area contributed by atoms with Crippen LogP contribution in [0.5, 0.6) is 0 Å². The lowest BCUT2D eigenvalue weighted by Gasteiger charge is -2.19. The van der Waals surface area contributed by atoms with Crippen LogP contribution in [0, 0.1) is 0 Å². The molecular weight excluding hydrogens is 404 g/mol. The van der Waals surface area contributed by atoms with E-state index in [0.29, 0.717) is 5.57 Å². The summed E-state index contributed by atoms with van der Waals surface area (Å²) in [4.78, 5) is 23.4. The van der Waals surface area contributed by atoms with Gasteiger partial charge in [-0.25, -0.2) is 9.59 Å². The predicted molar refractivity (Wildman–Crippen MR) is 129 cm³/mol. The number of cyclic esters (lactones) is 1. The zero-order chi connectivity index (χ0) is 23.5. The number of carbonyl (C=O) groups excluding carboxylic acids is 2. The van der Waals surface area contributed by atoms with Crippen LogP contribution in [0.2, 0.25) is 0 Å². The average Bonchev–Trinajstić information content (AvgIpc) is 3.13. The number of aliphatic hydroxyl groups is 1. The highest BCUT2D eigenvalue weighted by atomic mass is 16.6. The lowest BCUT2D eigenvalue weighted by Crippen LogP contribution is -2.30. The Morgan fingerprint density at radius 1 is 0.969 bits per heavy atom. The van der Waals surface area contributed by atoms with Crippen LogP contribution in [0.3, 0.4) is 0 Å². The van der Waals surface area contributed by atoms with Crippen LogP contribution >= 0.6 is 0 Å². The largest absolute Gasteiger partial charge is 0.466 e. The second-order valence-electron chi connectivity index (χ2n) is 8.75. The van der Waals surface area contributed by atoms with Gasteiger partial charge >= 0.3 is 11.9 Å². The van der Waals surface area contributed by atoms with Crippen molar-refractivity contribution in [2.24, 2.45) is 0 Å². The monoisotopic (exact) mass is 448 g/mol. The number of allylic oxidation sites excluding steroid dienone is 3. The van der Waals surface area contributed by atoms with Crippen LogP contribution in [-0.4, -0.2) is 36.4 Å². The molecule has 0 bridgehead atoms. The molecule has 0 aromatic heterocycles. The Kier molecular flexibility index (Phi) is 15.5. The zero-order valence-electron chi connectivity index (χ0n) is 20.3. The number of methoxy groups -OCH3 is 1. The molecule has 0 aromatic carbocycles. The predicted octanol–water partition coefficient (Wildman–Crippen LogP) is 6.36. The van der Waals surface area contributed by atoms with E-state index in [0.717, 1.165) is 19.3 Å². The third-order valence-corrected chi connectivity index (χ3v) is 5.90. The minimum absolute atomic E-state index is 0.279. The number of esters is 2. The second-order valence-corrected chi connectivity index (χ2v) is 8.75. The van der Waals surface area contributed by atoms with Crippen LogP contribution in [-0.2, 0) is 19.1 Å². The fourth-order valence-electron chi connectivity index (χ4n) is 3.85. The topological polar surface area (TPSA) is 72.8 Å². The Morgan fingerprint density at radius 2 is 1.53 bits per heavy atom. The first-order valence-electron chi connectivity index (χ1n) is 12.5. The molecule has 32 heavy (non-hydrogen) atoms. The van der Waals surface area contributed by atoms with E-state index in [1.807, 2.05) is 6.08 Å². The van der Waals surface area contributed by atoms with Crippen molar-refractivity contribution in [3.05, 3.63) is 36.0 Å². The van der Waals surface area contributed by atoms with E-state index in [2.05, 4.69) is 23.8 Å². The van der Waals surface area contributed by atoms with Crippen LogP contribution in [0.25, 0.3) is 0 Å². The summed E-state index contributed by atoms with van der Waals surface area (Å²) in [6.45, 7) is 1.89. The molecule has 182 valence electrons. The molecule has 0 spiro atoms. The van der Waals surface area contributed by atoms with Crippen molar-refractivity contribution in [2.45, 2.75) is 109 Å². The fourth-order valence-corrected chi connectivity index (χ4v) is 3.85. The van der Waals surface area contributed by atoms with Gasteiger partial charge in [0.05, 0.1) is 13.7 Å². The van der Waals surface area contributed by atoms with E-state index in [-0.39, 0.29) is 13.0 Å². The van der Waals surface area contributed by atoms with Crippen molar-refractivity contribution < 1.29 is 24.2 Å². The maximum absolute atomic E-state index is 12.1. The van der Waals surface area contributed by atoms with Gasteiger partial charge in [0.2, 0.25) is 0 Å². The summed E-state index contributed by atoms with van der Waals surface area (Å²) in [5, 5.41) is 9.64. The molecule has 1 aliphatic heterocycles. The molecule has 0 amide bonds. The lowest BCUT2D eigenvalue weighted by molar-refractivity contribution is -0.146. The maximum atomic E-state index is 12.1. The van der Waals surface area contributed by atoms with Gasteiger partial charge in [0.1, 0.15) is 0 Å². The Hall–Kier alpha value is -1.88. The van der Waals surface area contributed by atoms with Gasteiger partial charge in [0.25, 0.3) is 0 Å². The summed E-state index contributed by atoms with van der Waals surface area (Å²) < 4.78 is 9.88. The van der Waals surface area contributed by atoms with Crippen molar-refractivity contribution in [1.29, 1.82) is 0 Å². The third kappa shape index (κ3) is 12.2. The molecule has 1 N–H and O–H groups in total. The van der Waals surface area contributed by atoms with Gasteiger partial charge in [-0.1, -0.05) is 76.5 Å². The normalized spacial score (nSPS) is 20.0. The van der Waals surface area contributed by atoms with Crippen LogP contribution in [0.4, 0.5) is 0 Å². The minimum atomic E-state index is -1.15. The van der Waals surface area contributed by atoms with Crippen LogP contribution < -0.4 is 0 Å². The van der Waals surface area contributed by atoms with Crippen LogP contribution in [0.1, 0.15) is 103 Å². The van der Waals surface area contributed by atoms with Crippen molar-refractivity contribution in [2.75, 3.05) is 13.7 Å². The number of unbranched alkanes of at least 4 members (excludes halogenated alkanes) is 12. The van der Waals surface area contributed by atoms with Crippen molar-refractivity contribution in [3.63, 3.8) is 0 Å². The molecule has 1 heterocycles. The summed E-state index contributed by atoms with van der Waals surface area (Å²) in [6, 6.07) is 0. The summed E-state index contributed by atoms with van der Waals surface area (Å²) in [6.07, 6.45) is 26.7. The Labute approximate surface area is 194 Å². The van der Waals surface area contributed by atoms with Crippen molar-refractivity contribution in [1.82, 2.24) is 0 Å². The molecule has 1 rings (SSSR count). The molecule has 5 heteroatoms. The fraction of sp³-hybridized carbons (Fsp3) is 0.704. The van der Waals surface area contributed by atoms with E-state index < -0.39 is 17.5 Å². The number of carbonyl (C=O) groups is 2. The Balaban J connectivity index is 2.10. The second kappa shape index (κ2) is 17.6. The minimum Gasteiger partial charge on any atom is -0.466 e. The maximum Gasteiger partial charge on any atom is 0.334 e. The summed E-state index contributed by atoms with van der Waals surface area (Å²) in [5.41, 5.74) is -0.580.